The number of hydrogen-bond acceptors (Lipinski definition) is 4. The maximum Gasteiger partial charge on any atom is 0.137 e. The lowest BCUT2D eigenvalue weighted by molar-refractivity contribution is -0.299. The molecule has 4 nitrogen and oxygen atoms in total. The average molecular weight is 356 g/mol. The van der Waals surface area contributed by atoms with Gasteiger partial charge in [0.1, 0.15) is 58.2 Å². The van der Waals surface area contributed by atoms with Gasteiger partial charge in [0.2, 0.25) is 0 Å². The Hall–Kier alpha value is 0.505. The monoisotopic (exact) mass is 356 g/mol. The minimum absolute atomic E-state index is 0.532. The van der Waals surface area contributed by atoms with Crippen LogP contribution in [0.25, 0.3) is 0 Å². The number of rotatable bonds is 2. The van der Waals surface area contributed by atoms with Gasteiger partial charge in [-0.2, -0.15) is 0 Å². The molecule has 0 saturated carbocycles. The third-order valence-electron chi connectivity index (χ3n) is 3.56. The molecule has 0 aromatic rings. The van der Waals surface area contributed by atoms with Crippen molar-refractivity contribution in [3.8, 4) is 0 Å². The highest BCUT2D eigenvalue weighted by molar-refractivity contribution is 14.1. The van der Waals surface area contributed by atoms with Gasteiger partial charge in [0.25, 0.3) is 0 Å². The predicted molar refractivity (Wildman–Crippen MR) is 76.8 cm³/mol. The molecule has 8 heteroatoms. The van der Waals surface area contributed by atoms with Gasteiger partial charge in [-0.15, -0.1) is 0 Å². The van der Waals surface area contributed by atoms with Crippen molar-refractivity contribution in [1.82, 2.24) is 0 Å². The first-order chi connectivity index (χ1) is 8.18. The normalized spacial score (nSPS) is 50.8. The van der Waals surface area contributed by atoms with E-state index in [4.69, 9.17) is 36.1 Å². The van der Waals surface area contributed by atoms with Crippen LogP contribution in [0.3, 0.4) is 0 Å². The van der Waals surface area contributed by atoms with Crippen LogP contribution < -0.4 is 0 Å². The lowest BCUT2D eigenvalue weighted by atomic mass is 9.53. The molecule has 3 aliphatic heterocycles. The van der Waals surface area contributed by atoms with Crippen LogP contribution in [0.1, 0.15) is 13.8 Å². The Bertz CT molecular complexity index is 376. The van der Waals surface area contributed by atoms with Crippen LogP contribution >= 0.6 is 23.0 Å². The van der Waals surface area contributed by atoms with Gasteiger partial charge in [-0.05, 0) is 13.8 Å². The van der Waals surface area contributed by atoms with Gasteiger partial charge in [-0.3, -0.25) is 0 Å². The summed E-state index contributed by atoms with van der Waals surface area (Å²) in [5.74, 6) is 0. The van der Waals surface area contributed by atoms with Gasteiger partial charge in [0.05, 0.1) is 17.1 Å². The molecule has 3 rings (SSSR count). The van der Waals surface area contributed by atoms with E-state index in [1.807, 2.05) is 0 Å². The predicted octanol–water partition coefficient (Wildman–Crippen LogP) is -0.298. The molecule has 1 fully saturated rings. The number of fused-ring (bicyclic) bond motifs is 3. The molecule has 18 heavy (non-hydrogen) atoms. The molecule has 6 atom stereocenters. The molecule has 3 aliphatic rings. The zero-order valence-corrected chi connectivity index (χ0v) is 12.3. The lowest BCUT2D eigenvalue weighted by Gasteiger charge is -2.60. The van der Waals surface area contributed by atoms with Gasteiger partial charge in [-0.25, -0.2) is 0 Å². The number of aliphatic hydroxyl groups excluding tert-OH is 1. The molecule has 0 aliphatic carbocycles. The molecule has 6 radical (unpaired) electrons. The van der Waals surface area contributed by atoms with Crippen molar-refractivity contribution < 1.29 is 17.6 Å². The van der Waals surface area contributed by atoms with Crippen LogP contribution in [0.5, 0.6) is 0 Å². The van der Waals surface area contributed by atoms with Gasteiger partial charge in [0, 0.05) is 6.00 Å². The topological polar surface area (TPSA) is 47.9 Å². The molecule has 0 spiro atoms. The first kappa shape index (κ1) is 14.9. The summed E-state index contributed by atoms with van der Waals surface area (Å²) in [6.45, 7) is 3.15. The molecule has 3 heterocycles. The fraction of sp³-hybridized carbons (Fsp3) is 0.800. The number of halogens is 1. The smallest absolute Gasteiger partial charge is 0.137 e. The minimum atomic E-state index is -1.51. The van der Waals surface area contributed by atoms with E-state index in [1.165, 1.54) is 6.08 Å². The zero-order valence-electron chi connectivity index (χ0n) is 10.2. The Morgan fingerprint density at radius 3 is 2.61 bits per heavy atom. The van der Waals surface area contributed by atoms with Crippen molar-refractivity contribution in [2.45, 2.75) is 48.7 Å². The first-order valence-corrected chi connectivity index (χ1v) is 6.41. The highest BCUT2D eigenvalue weighted by Crippen LogP contribution is 2.48. The lowest BCUT2D eigenvalue weighted by Crippen LogP contribution is -2.77. The van der Waals surface area contributed by atoms with E-state index >= 15 is 0 Å². The zero-order chi connectivity index (χ0) is 13.8. The van der Waals surface area contributed by atoms with Gasteiger partial charge in [0.15, 0.2) is 0 Å². The van der Waals surface area contributed by atoms with Crippen LogP contribution in [-0.4, -0.2) is 63.5 Å². The molecule has 0 aromatic carbocycles. The van der Waals surface area contributed by atoms with Crippen LogP contribution in [0, 0.1) is 0 Å². The van der Waals surface area contributed by atoms with Crippen molar-refractivity contribution in [3.63, 3.8) is 0 Å². The fourth-order valence-corrected chi connectivity index (χ4v) is 2.99. The van der Waals surface area contributed by atoms with Crippen LogP contribution in [0.15, 0.2) is 12.2 Å². The summed E-state index contributed by atoms with van der Waals surface area (Å²) in [5, 5.41) is 10.4. The van der Waals surface area contributed by atoms with E-state index in [1.54, 1.807) is 42.9 Å². The number of ether oxygens (including phenoxy) is 2. The van der Waals surface area contributed by atoms with E-state index in [-0.39, 0.29) is 0 Å². The Morgan fingerprint density at radius 2 is 2.06 bits per heavy atom. The van der Waals surface area contributed by atoms with E-state index in [0.717, 1.165) is 0 Å². The number of aliphatic hydroxyl groups is 1. The molecule has 1 saturated heterocycles. The second kappa shape index (κ2) is 4.51. The summed E-state index contributed by atoms with van der Waals surface area (Å²) in [6, 6.07) is -0.774. The second-order valence-electron chi connectivity index (χ2n) is 5.02. The largest absolute Gasteiger partial charge is 0.386 e. The van der Waals surface area contributed by atoms with Crippen molar-refractivity contribution >= 4 is 46.5 Å². The third kappa shape index (κ3) is 1.83. The molecule has 92 valence electrons. The molecule has 0 aromatic heterocycles. The average Bonchev–Trinajstić information content (AvgIpc) is 2.45. The minimum Gasteiger partial charge on any atom is -0.386 e. The van der Waals surface area contributed by atoms with E-state index < -0.39 is 34.8 Å². The summed E-state index contributed by atoms with van der Waals surface area (Å²) in [7, 11) is 18.1. The van der Waals surface area contributed by atoms with E-state index in [9.17, 15) is 5.11 Å². The molecule has 1 N–H and O–H groups in total. The second-order valence-corrected chi connectivity index (χ2v) is 5.46. The Morgan fingerprint density at radius 1 is 1.44 bits per heavy atom. The summed E-state index contributed by atoms with van der Waals surface area (Å²) in [4.78, 5) is 0. The summed E-state index contributed by atoms with van der Waals surface area (Å²) in [6.07, 6.45) is 1.51. The molecular formula is C10H12B3IO4. The maximum atomic E-state index is 10.4. The van der Waals surface area contributed by atoms with Gasteiger partial charge < -0.3 is 17.6 Å². The van der Waals surface area contributed by atoms with E-state index in [0.29, 0.717) is 0 Å². The summed E-state index contributed by atoms with van der Waals surface area (Å²) in [5.41, 5.74) is -4.26. The number of hydrogen-bond donors (Lipinski definition) is 1. The summed E-state index contributed by atoms with van der Waals surface area (Å²) < 4.78 is 16.7. The fourth-order valence-electron chi connectivity index (χ4n) is 2.66. The van der Waals surface area contributed by atoms with Crippen molar-refractivity contribution in [3.05, 3.63) is 12.2 Å². The maximum absolute atomic E-state index is 10.4. The Kier molecular flexibility index (Phi) is 3.74. The SMILES string of the molecule is [B]C1OC2(C([B])(C)OI)C(O)C=CC1OC2([B])C. The van der Waals surface area contributed by atoms with Crippen LogP contribution in [0.2, 0.25) is 0 Å². The first-order valence-electron chi connectivity index (χ1n) is 5.53. The standard InChI is InChI=1S/C10H12B3IO4/c1-8(12)10(9(2,13)18-14)6(15)4-3-5(16-8)7(11)17-10/h3-7,15H,1-2H3. The molecule has 2 bridgehead atoms. The van der Waals surface area contributed by atoms with Crippen molar-refractivity contribution in [1.29, 1.82) is 0 Å². The molecular weight excluding hydrogens is 343 g/mol. The van der Waals surface area contributed by atoms with Crippen LogP contribution in [-0.2, 0) is 12.5 Å². The van der Waals surface area contributed by atoms with E-state index in [2.05, 4.69) is 0 Å². The van der Waals surface area contributed by atoms with Crippen LogP contribution in [0.4, 0.5) is 0 Å². The third-order valence-corrected chi connectivity index (χ3v) is 4.48. The van der Waals surface area contributed by atoms with Gasteiger partial charge in [-0.1, -0.05) is 12.2 Å². The Balaban J connectivity index is 2.60. The quantitative estimate of drug-likeness (QED) is 0.420. The molecule has 0 amide bonds. The highest BCUT2D eigenvalue weighted by atomic mass is 127. The molecule has 6 unspecified atom stereocenters. The Labute approximate surface area is 125 Å². The highest BCUT2D eigenvalue weighted by Gasteiger charge is 2.65. The summed E-state index contributed by atoms with van der Waals surface area (Å²) >= 11 is 1.64. The van der Waals surface area contributed by atoms with Crippen molar-refractivity contribution in [2.24, 2.45) is 0 Å². The van der Waals surface area contributed by atoms with Crippen molar-refractivity contribution in [2.75, 3.05) is 0 Å². The van der Waals surface area contributed by atoms with Gasteiger partial charge >= 0.3 is 0 Å².